The summed E-state index contributed by atoms with van der Waals surface area (Å²) in [5, 5.41) is 20.0. The van der Waals surface area contributed by atoms with Crippen LogP contribution in [0.25, 0.3) is 32.7 Å². The van der Waals surface area contributed by atoms with E-state index < -0.39 is 40.3 Å². The normalized spacial score (nSPS) is 13.7. The number of hydrogen-bond donors (Lipinski definition) is 12. The Labute approximate surface area is 456 Å². The van der Waals surface area contributed by atoms with E-state index in [0.29, 0.717) is 17.1 Å². The van der Waals surface area contributed by atoms with Gasteiger partial charge in [0.2, 0.25) is 17.7 Å². The Kier molecular flexibility index (Phi) is 15.9. The first kappa shape index (κ1) is 54.4. The summed E-state index contributed by atoms with van der Waals surface area (Å²) >= 11 is 0. The van der Waals surface area contributed by atoms with Crippen LogP contribution in [0.15, 0.2) is 164 Å². The topological polar surface area (TPSA) is 300 Å². The predicted octanol–water partition coefficient (Wildman–Crippen LogP) is 6.36. The standard InChI is InChI=1S/C61H64N12O6/c1-59(34-62,71-52(74)28-40-31-65-49-13-7-4-10-46(40)49)56(77)68-43-22-16-37(17-23-43)55(38-18-24-44(25-19-38)69-57(78)60(2,35-63)72-53(75)29-41-32-66-50-14-8-5-11-47(41)50)39-20-26-45(27-21-39)70-58(79)61(3,36-64)73-54(76)30-42-33-67-51-15-9-6-12-48(42)51/h4-27,31-33,55,65-67H,28-30,34-36,62-64H2,1-3H3,(H,68,77)(H,69,78)(H,70,79)(H,71,74)(H,72,75)(H,73,76)/t59-,60-,61-/m1/s1. The van der Waals surface area contributed by atoms with Crippen molar-refractivity contribution in [3.63, 3.8) is 0 Å². The van der Waals surface area contributed by atoms with Gasteiger partial charge in [-0.3, -0.25) is 28.8 Å². The van der Waals surface area contributed by atoms with E-state index in [-0.39, 0.29) is 56.6 Å². The van der Waals surface area contributed by atoms with Crippen LogP contribution in [0.2, 0.25) is 0 Å². The molecule has 0 aliphatic carbocycles. The zero-order valence-electron chi connectivity index (χ0n) is 44.1. The minimum Gasteiger partial charge on any atom is -0.361 e. The number of amides is 6. The van der Waals surface area contributed by atoms with Crippen LogP contribution in [0.3, 0.4) is 0 Å². The fourth-order valence-electron chi connectivity index (χ4n) is 9.67. The van der Waals surface area contributed by atoms with Gasteiger partial charge in [-0.2, -0.15) is 0 Å². The third kappa shape index (κ3) is 12.1. The molecule has 0 saturated heterocycles. The van der Waals surface area contributed by atoms with Crippen molar-refractivity contribution in [3.05, 3.63) is 198 Å². The molecule has 0 saturated carbocycles. The fourth-order valence-corrected chi connectivity index (χ4v) is 9.67. The maximum absolute atomic E-state index is 13.8. The molecule has 9 rings (SSSR count). The quantitative estimate of drug-likeness (QED) is 0.0356. The van der Waals surface area contributed by atoms with Crippen LogP contribution in [-0.2, 0) is 48.0 Å². The van der Waals surface area contributed by atoms with Gasteiger partial charge in [-0.15, -0.1) is 0 Å². The number of fused-ring (bicyclic) bond motifs is 3. The van der Waals surface area contributed by atoms with E-state index in [9.17, 15) is 28.8 Å². The van der Waals surface area contributed by atoms with Crippen LogP contribution < -0.4 is 49.1 Å². The van der Waals surface area contributed by atoms with Gasteiger partial charge in [0.1, 0.15) is 16.6 Å². The lowest BCUT2D eigenvalue weighted by Gasteiger charge is -2.28. The first-order valence-corrected chi connectivity index (χ1v) is 25.9. The summed E-state index contributed by atoms with van der Waals surface area (Å²) < 4.78 is 0. The number of H-pyrrole nitrogens is 3. The van der Waals surface area contributed by atoms with Gasteiger partial charge in [-0.05, 0) is 109 Å². The number of nitrogens with one attached hydrogen (secondary N) is 9. The van der Waals surface area contributed by atoms with Crippen LogP contribution in [-0.4, -0.2) is 86.6 Å². The maximum Gasteiger partial charge on any atom is 0.251 e. The SMILES string of the molecule is C[C@](CN)(NC(=O)Cc1c[nH]c2ccccc12)C(=O)Nc1ccc(C(c2ccc(NC(=O)[C@@](C)(CN)NC(=O)Cc3c[nH]c4ccccc34)cc2)c2ccc(NC(=O)[C@@](C)(CN)NC(=O)Cc3c[nH]c4ccccc34)cc2)cc1. The molecule has 3 atom stereocenters. The molecule has 0 bridgehead atoms. The molecule has 0 radical (unpaired) electrons. The van der Waals surface area contributed by atoms with Crippen LogP contribution in [0, 0.1) is 0 Å². The van der Waals surface area contributed by atoms with Crippen LogP contribution >= 0.6 is 0 Å². The zero-order valence-corrected chi connectivity index (χ0v) is 44.1. The lowest BCUT2D eigenvalue weighted by molar-refractivity contribution is -0.129. The Morgan fingerprint density at radius 2 is 0.646 bits per heavy atom. The first-order valence-electron chi connectivity index (χ1n) is 25.9. The van der Waals surface area contributed by atoms with Crippen molar-refractivity contribution < 1.29 is 28.8 Å². The van der Waals surface area contributed by atoms with E-state index in [2.05, 4.69) is 46.9 Å². The minimum absolute atomic E-state index is 0.0421. The molecule has 404 valence electrons. The van der Waals surface area contributed by atoms with Gasteiger partial charge < -0.3 is 64.1 Å². The average Bonchev–Trinajstić information content (AvgIpc) is 4.21. The number of carbonyl (C=O) groups excluding carboxylic acids is 6. The molecule has 3 aromatic heterocycles. The number of aromatic amines is 3. The summed E-state index contributed by atoms with van der Waals surface area (Å²) in [6.07, 6.45) is 5.47. The van der Waals surface area contributed by atoms with Crippen molar-refractivity contribution in [1.82, 2.24) is 30.9 Å². The first-order chi connectivity index (χ1) is 38.0. The van der Waals surface area contributed by atoms with E-state index in [1.807, 2.05) is 109 Å². The van der Waals surface area contributed by atoms with Gasteiger partial charge in [-0.1, -0.05) is 91.0 Å². The molecule has 9 aromatic rings. The number of para-hydroxylation sites is 3. The van der Waals surface area contributed by atoms with E-state index in [1.54, 1.807) is 75.8 Å². The Morgan fingerprint density at radius 3 is 0.899 bits per heavy atom. The maximum atomic E-state index is 13.8. The van der Waals surface area contributed by atoms with Gasteiger partial charge in [-0.25, -0.2) is 0 Å². The Hall–Kier alpha value is -9.36. The smallest absolute Gasteiger partial charge is 0.251 e. The van der Waals surface area contributed by atoms with Crippen LogP contribution in [0.5, 0.6) is 0 Å². The zero-order chi connectivity index (χ0) is 55.9. The van der Waals surface area contributed by atoms with E-state index in [4.69, 9.17) is 17.2 Å². The second kappa shape index (κ2) is 23.1. The monoisotopic (exact) mass is 1060 g/mol. The molecular weight excluding hydrogens is 997 g/mol. The van der Waals surface area contributed by atoms with Crippen molar-refractivity contribution in [3.8, 4) is 0 Å². The van der Waals surface area contributed by atoms with E-state index >= 15 is 0 Å². The summed E-state index contributed by atoms with van der Waals surface area (Å²) in [5.41, 5.74) is 23.0. The predicted molar refractivity (Wildman–Crippen MR) is 309 cm³/mol. The lowest BCUT2D eigenvalue weighted by Crippen LogP contribution is -2.59. The molecule has 79 heavy (non-hydrogen) atoms. The van der Waals surface area contributed by atoms with Gasteiger partial charge >= 0.3 is 0 Å². The van der Waals surface area contributed by atoms with Crippen molar-refractivity contribution in [1.29, 1.82) is 0 Å². The molecule has 0 aliphatic rings. The highest BCUT2D eigenvalue weighted by atomic mass is 16.2. The van der Waals surface area contributed by atoms with Gasteiger partial charge in [0.25, 0.3) is 17.7 Å². The second-order valence-corrected chi connectivity index (χ2v) is 20.5. The number of nitrogens with two attached hydrogens (primary N) is 3. The van der Waals surface area contributed by atoms with Crippen LogP contribution in [0.4, 0.5) is 17.1 Å². The van der Waals surface area contributed by atoms with Crippen molar-refractivity contribution in [2.75, 3.05) is 35.6 Å². The highest BCUT2D eigenvalue weighted by molar-refractivity contribution is 6.03. The summed E-state index contributed by atoms with van der Waals surface area (Å²) in [5.74, 6) is -3.01. The number of rotatable bonds is 21. The summed E-state index contributed by atoms with van der Waals surface area (Å²) in [6.45, 7) is 4.25. The molecule has 0 fully saturated rings. The minimum atomic E-state index is -1.44. The number of benzene rings is 6. The molecule has 6 amide bonds. The third-order valence-corrected chi connectivity index (χ3v) is 14.6. The highest BCUT2D eigenvalue weighted by Crippen LogP contribution is 2.35. The number of carbonyl (C=O) groups is 6. The molecular formula is C61H64N12O6. The van der Waals surface area contributed by atoms with Gasteiger partial charge in [0.05, 0.1) is 19.3 Å². The Bertz CT molecular complexity index is 3320. The molecule has 0 aliphatic heterocycles. The van der Waals surface area contributed by atoms with Crippen LogP contribution in [0.1, 0.15) is 60.1 Å². The number of hydrogen-bond acceptors (Lipinski definition) is 9. The molecule has 3 heterocycles. The number of aromatic nitrogens is 3. The van der Waals surface area contributed by atoms with Crippen molar-refractivity contribution in [2.24, 2.45) is 17.2 Å². The van der Waals surface area contributed by atoms with Crippen molar-refractivity contribution in [2.45, 2.75) is 62.6 Å². The molecule has 18 nitrogen and oxygen atoms in total. The van der Waals surface area contributed by atoms with Gasteiger partial charge in [0.15, 0.2) is 0 Å². The third-order valence-electron chi connectivity index (χ3n) is 14.6. The van der Waals surface area contributed by atoms with Gasteiger partial charge in [0, 0.05) is 93.9 Å². The largest absolute Gasteiger partial charge is 0.361 e. The molecule has 0 spiro atoms. The molecule has 0 unspecified atom stereocenters. The van der Waals surface area contributed by atoms with Crippen molar-refractivity contribution >= 4 is 85.2 Å². The lowest BCUT2D eigenvalue weighted by atomic mass is 9.85. The second-order valence-electron chi connectivity index (χ2n) is 20.5. The van der Waals surface area contributed by atoms with E-state index in [1.165, 1.54) is 0 Å². The molecule has 6 aromatic carbocycles. The summed E-state index contributed by atoms with van der Waals surface area (Å²) in [4.78, 5) is 91.1. The molecule has 15 N–H and O–H groups in total. The average molecular weight is 1060 g/mol. The number of anilines is 3. The molecule has 18 heteroatoms. The highest BCUT2D eigenvalue weighted by Gasteiger charge is 2.36. The summed E-state index contributed by atoms with van der Waals surface area (Å²) in [6, 6.07) is 44.8. The fraction of sp³-hybridized carbons (Fsp3) is 0.213. The Balaban J connectivity index is 0.914. The Morgan fingerprint density at radius 1 is 0.392 bits per heavy atom. The summed E-state index contributed by atoms with van der Waals surface area (Å²) in [7, 11) is 0. The van der Waals surface area contributed by atoms with E-state index in [0.717, 1.165) is 66.1 Å².